The van der Waals surface area contributed by atoms with E-state index < -0.39 is 35.8 Å². The zero-order chi connectivity index (χ0) is 34.1. The number of halogens is 4. The van der Waals surface area contributed by atoms with Crippen LogP contribution in [0.4, 0.5) is 23.4 Å². The number of likely N-dealkylation sites (N-methyl/N-ethyl adjacent to an activating group) is 1. The minimum absolute atomic E-state index is 0.0302. The molecule has 238 valence electrons. The van der Waals surface area contributed by atoms with Crippen molar-refractivity contribution in [1.29, 1.82) is 0 Å². The van der Waals surface area contributed by atoms with Crippen LogP contribution in [0.15, 0.2) is 42.1 Å². The van der Waals surface area contributed by atoms with Crippen LogP contribution >= 0.6 is 0 Å². The number of hydrogen-bond acceptors (Lipinski definition) is 8. The second-order valence-corrected chi connectivity index (χ2v) is 12.3. The fourth-order valence-electron chi connectivity index (χ4n) is 7.03. The Bertz CT molecular complexity index is 2050. The summed E-state index contributed by atoms with van der Waals surface area (Å²) >= 11 is 0. The Hall–Kier alpha value is -4.47. The second kappa shape index (κ2) is 11.4. The van der Waals surface area contributed by atoms with Gasteiger partial charge in [0.15, 0.2) is 5.82 Å². The van der Waals surface area contributed by atoms with Crippen molar-refractivity contribution >= 4 is 27.5 Å². The molecule has 2 unspecified atom stereocenters. The summed E-state index contributed by atoms with van der Waals surface area (Å²) < 4.78 is 83.1. The molecule has 4 aromatic rings. The van der Waals surface area contributed by atoms with E-state index in [-0.39, 0.29) is 75.7 Å². The monoisotopic (exact) mass is 634 g/mol. The third-order valence-corrected chi connectivity index (χ3v) is 9.40. The van der Waals surface area contributed by atoms with Crippen molar-refractivity contribution in [3.05, 3.63) is 59.3 Å². The predicted octanol–water partition coefficient (Wildman–Crippen LogP) is 5.72. The molecule has 12 heteroatoms. The van der Waals surface area contributed by atoms with E-state index in [0.717, 1.165) is 12.5 Å². The summed E-state index contributed by atoms with van der Waals surface area (Å²) in [6, 6.07) is 4.88. The molecule has 1 N–H and O–H groups in total. The number of ether oxygens (including phenoxy) is 1. The first-order valence-electron chi connectivity index (χ1n) is 16.0. The molecule has 2 aromatic heterocycles. The molecular formula is C34H32F4N6O2. The molecule has 0 amide bonds. The van der Waals surface area contributed by atoms with Gasteiger partial charge in [-0.3, -0.25) is 9.88 Å². The van der Waals surface area contributed by atoms with E-state index in [1.165, 1.54) is 24.4 Å². The van der Waals surface area contributed by atoms with Gasteiger partial charge in [-0.1, -0.05) is 12.0 Å². The number of aromatic nitrogens is 3. The molecule has 0 aliphatic carbocycles. The van der Waals surface area contributed by atoms with Crippen molar-refractivity contribution in [1.82, 2.24) is 24.8 Å². The van der Waals surface area contributed by atoms with Crippen LogP contribution in [0.3, 0.4) is 0 Å². The average molecular weight is 635 g/mol. The van der Waals surface area contributed by atoms with Gasteiger partial charge in [0.2, 0.25) is 0 Å². The third kappa shape index (κ3) is 4.98. The molecule has 3 saturated heterocycles. The van der Waals surface area contributed by atoms with Crippen LogP contribution in [0.25, 0.3) is 32.9 Å². The zero-order valence-corrected chi connectivity index (χ0v) is 25.2. The maximum Gasteiger partial charge on any atom is 0.319 e. The van der Waals surface area contributed by atoms with Gasteiger partial charge in [-0.2, -0.15) is 18.7 Å². The molecule has 0 bridgehead atoms. The van der Waals surface area contributed by atoms with E-state index in [9.17, 15) is 18.3 Å². The van der Waals surface area contributed by atoms with Crippen molar-refractivity contribution in [2.45, 2.75) is 37.3 Å². The van der Waals surface area contributed by atoms with Crippen molar-refractivity contribution < 1.29 is 30.1 Å². The lowest BCUT2D eigenvalue weighted by molar-refractivity contribution is 0.108. The number of hydrogen-bond donors (Lipinski definition) is 1. The highest BCUT2D eigenvalue weighted by atomic mass is 19.3. The summed E-state index contributed by atoms with van der Waals surface area (Å²) in [4.78, 5) is 19.0. The molecule has 2 atom stereocenters. The standard InChI is InChI=1S/C34H32F4N6O2/c1-4-23-26(35)7-6-19-12-22(45)13-24(27(19)23)29-28(36)30-25(15-39-29)32(43-11-8-21(17-43)42(2)3)41-33(40-30)46-18-34-9-5-10-44(34)16-20(14-34)31(37)38/h1,6-7,12-13,15,21,45H,5,8-11,14,16-18H2,2-3H3/i18D2. The van der Waals surface area contributed by atoms with Gasteiger partial charge in [-0.05, 0) is 69.9 Å². The Labute approximate surface area is 266 Å². The molecule has 46 heavy (non-hydrogen) atoms. The van der Waals surface area contributed by atoms with Crippen LogP contribution in [0, 0.1) is 24.0 Å². The number of aromatic hydroxyl groups is 1. The number of pyridine rings is 1. The quantitative estimate of drug-likeness (QED) is 0.213. The van der Waals surface area contributed by atoms with Gasteiger partial charge in [0.25, 0.3) is 6.08 Å². The minimum atomic E-state index is -2.53. The largest absolute Gasteiger partial charge is 0.508 e. The summed E-state index contributed by atoms with van der Waals surface area (Å²) in [6.45, 7) is -1.11. The van der Waals surface area contributed by atoms with E-state index in [0.29, 0.717) is 31.4 Å². The van der Waals surface area contributed by atoms with E-state index in [4.69, 9.17) is 13.9 Å². The van der Waals surface area contributed by atoms with E-state index in [1.807, 2.05) is 19.0 Å². The van der Waals surface area contributed by atoms with Gasteiger partial charge in [0, 0.05) is 48.4 Å². The highest BCUT2D eigenvalue weighted by Crippen LogP contribution is 2.44. The van der Waals surface area contributed by atoms with E-state index in [2.05, 4.69) is 25.8 Å². The summed E-state index contributed by atoms with van der Waals surface area (Å²) in [7, 11) is 3.90. The number of phenols is 1. The highest BCUT2D eigenvalue weighted by molar-refractivity contribution is 6.03. The molecule has 3 fully saturated rings. The number of phenolic OH excluding ortho intramolecular Hbond substituents is 1. The van der Waals surface area contributed by atoms with Crippen LogP contribution in [-0.2, 0) is 0 Å². The Kier molecular flexibility index (Phi) is 6.89. The molecule has 5 heterocycles. The Morgan fingerprint density at radius 1 is 1.24 bits per heavy atom. The molecule has 0 saturated carbocycles. The Morgan fingerprint density at radius 3 is 2.80 bits per heavy atom. The summed E-state index contributed by atoms with van der Waals surface area (Å²) in [5, 5.41) is 11.3. The van der Waals surface area contributed by atoms with Gasteiger partial charge in [-0.15, -0.1) is 6.42 Å². The highest BCUT2D eigenvalue weighted by Gasteiger charge is 2.48. The number of fused-ring (bicyclic) bond motifs is 3. The lowest BCUT2D eigenvalue weighted by Gasteiger charge is -2.31. The third-order valence-electron chi connectivity index (χ3n) is 9.40. The average Bonchev–Trinajstić information content (AvgIpc) is 3.77. The van der Waals surface area contributed by atoms with Crippen molar-refractivity contribution in [2.24, 2.45) is 0 Å². The molecule has 2 aromatic carbocycles. The SMILES string of the molecule is [2H]C([2H])(Oc1nc(N2CCC(N(C)C)C2)c2cnc(-c3cc(O)cc4ccc(F)c(C#C)c34)c(F)c2n1)C12CCCN1CC(=C(F)F)C2. The van der Waals surface area contributed by atoms with Crippen LogP contribution in [0.2, 0.25) is 0 Å². The summed E-state index contributed by atoms with van der Waals surface area (Å²) in [5.41, 5.74) is -2.15. The Balaban J connectivity index is 1.41. The van der Waals surface area contributed by atoms with Crippen molar-refractivity contribution in [2.75, 3.05) is 51.7 Å². The fourth-order valence-corrected chi connectivity index (χ4v) is 7.03. The van der Waals surface area contributed by atoms with Crippen LogP contribution in [0.1, 0.15) is 34.0 Å². The maximum absolute atomic E-state index is 16.8. The van der Waals surface area contributed by atoms with Gasteiger partial charge in [0.05, 0.1) is 19.2 Å². The first kappa shape index (κ1) is 27.8. The Morgan fingerprint density at radius 2 is 2.07 bits per heavy atom. The van der Waals surface area contributed by atoms with Crippen molar-refractivity contribution in [3.8, 4) is 35.4 Å². The molecule has 3 aliphatic heterocycles. The van der Waals surface area contributed by atoms with Gasteiger partial charge >= 0.3 is 6.01 Å². The smallest absolute Gasteiger partial charge is 0.319 e. The minimum Gasteiger partial charge on any atom is -0.508 e. The molecular weight excluding hydrogens is 600 g/mol. The summed E-state index contributed by atoms with van der Waals surface area (Å²) in [6.07, 6.45) is 6.62. The predicted molar refractivity (Wildman–Crippen MR) is 167 cm³/mol. The molecule has 7 rings (SSSR count). The van der Waals surface area contributed by atoms with Gasteiger partial charge in [-0.25, -0.2) is 8.78 Å². The molecule has 0 spiro atoms. The maximum atomic E-state index is 16.8. The van der Waals surface area contributed by atoms with E-state index >= 15 is 4.39 Å². The lowest BCUT2D eigenvalue weighted by Crippen LogP contribution is -2.43. The molecule has 0 radical (unpaired) electrons. The number of benzene rings is 2. The first-order chi connectivity index (χ1) is 22.8. The number of anilines is 1. The number of terminal acetylenes is 1. The fraction of sp³-hybridized carbons (Fsp3) is 0.382. The van der Waals surface area contributed by atoms with Crippen molar-refractivity contribution in [3.63, 3.8) is 0 Å². The normalized spacial score (nSPS) is 22.4. The van der Waals surface area contributed by atoms with Gasteiger partial charge in [0.1, 0.15) is 35.2 Å². The number of nitrogens with zero attached hydrogens (tertiary/aromatic N) is 6. The lowest BCUT2D eigenvalue weighted by atomic mass is 9.94. The first-order valence-corrected chi connectivity index (χ1v) is 15.0. The van der Waals surface area contributed by atoms with Crippen LogP contribution in [0.5, 0.6) is 11.8 Å². The second-order valence-electron chi connectivity index (χ2n) is 12.3. The van der Waals surface area contributed by atoms with Crippen LogP contribution < -0.4 is 9.64 Å². The topological polar surface area (TPSA) is 77.8 Å². The zero-order valence-electron chi connectivity index (χ0n) is 27.2. The van der Waals surface area contributed by atoms with Crippen LogP contribution in [-0.4, -0.2) is 88.3 Å². The number of rotatable bonds is 6. The molecule has 3 aliphatic rings. The van der Waals surface area contributed by atoms with E-state index in [1.54, 1.807) is 4.90 Å². The molecule has 8 nitrogen and oxygen atoms in total. The van der Waals surface area contributed by atoms with Gasteiger partial charge < -0.3 is 19.6 Å². The summed E-state index contributed by atoms with van der Waals surface area (Å²) in [5.74, 6) is 0.704.